The second-order valence-electron chi connectivity index (χ2n) is 4.72. The zero-order chi connectivity index (χ0) is 13.2. The molecule has 4 nitrogen and oxygen atoms in total. The Balaban J connectivity index is 2.05. The number of halogens is 1. The van der Waals surface area contributed by atoms with Gasteiger partial charge in [-0.3, -0.25) is 0 Å². The van der Waals surface area contributed by atoms with Crippen molar-refractivity contribution >= 4 is 15.7 Å². The van der Waals surface area contributed by atoms with E-state index >= 15 is 0 Å². The third-order valence-electron chi connectivity index (χ3n) is 3.33. The van der Waals surface area contributed by atoms with Crippen LogP contribution in [0.2, 0.25) is 0 Å². The van der Waals surface area contributed by atoms with Crippen molar-refractivity contribution in [3.8, 4) is 0 Å². The number of nitrogens with two attached hydrogens (primary N) is 1. The maximum absolute atomic E-state index is 13.7. The van der Waals surface area contributed by atoms with Crippen LogP contribution in [0.5, 0.6) is 0 Å². The van der Waals surface area contributed by atoms with E-state index in [1.54, 1.807) is 0 Å². The van der Waals surface area contributed by atoms with Crippen LogP contribution in [0.4, 0.5) is 10.1 Å². The lowest BCUT2D eigenvalue weighted by Crippen LogP contribution is -2.14. The highest BCUT2D eigenvalue weighted by atomic mass is 32.2. The van der Waals surface area contributed by atoms with Gasteiger partial charge < -0.3 is 5.32 Å². The lowest BCUT2D eigenvalue weighted by molar-refractivity contribution is 0.572. The Morgan fingerprint density at radius 3 is 2.56 bits per heavy atom. The molecule has 100 valence electrons. The largest absolute Gasteiger partial charge is 0.382 e. The molecular weight excluding hydrogens is 255 g/mol. The highest BCUT2D eigenvalue weighted by Crippen LogP contribution is 2.26. The van der Waals surface area contributed by atoms with Gasteiger partial charge in [-0.2, -0.15) is 0 Å². The Labute approximate surface area is 106 Å². The van der Waals surface area contributed by atoms with Crippen molar-refractivity contribution in [1.29, 1.82) is 0 Å². The molecule has 0 bridgehead atoms. The maximum atomic E-state index is 13.7. The number of nitrogens with one attached hydrogen (secondary N) is 1. The van der Waals surface area contributed by atoms with E-state index in [2.05, 4.69) is 5.32 Å². The van der Waals surface area contributed by atoms with Crippen molar-refractivity contribution in [2.75, 3.05) is 11.9 Å². The van der Waals surface area contributed by atoms with Crippen molar-refractivity contribution < 1.29 is 12.8 Å². The monoisotopic (exact) mass is 272 g/mol. The van der Waals surface area contributed by atoms with Crippen molar-refractivity contribution in [2.24, 2.45) is 11.1 Å². The standard InChI is InChI=1S/C12H17FN2O2S/c13-11-7-10(18(14,16)17)5-6-12(11)15-8-9-3-1-2-4-9/h5-7,9,15H,1-4,8H2,(H2,14,16,17). The van der Waals surface area contributed by atoms with Gasteiger partial charge in [-0.05, 0) is 37.0 Å². The van der Waals surface area contributed by atoms with Gasteiger partial charge in [0.05, 0.1) is 10.6 Å². The predicted octanol–water partition coefficient (Wildman–Crippen LogP) is 2.08. The normalized spacial score (nSPS) is 17.0. The molecular formula is C12H17FN2O2S. The van der Waals surface area contributed by atoms with Gasteiger partial charge in [-0.25, -0.2) is 17.9 Å². The lowest BCUT2D eigenvalue weighted by atomic mass is 10.1. The molecule has 3 N–H and O–H groups in total. The van der Waals surface area contributed by atoms with Crippen LogP contribution < -0.4 is 10.5 Å². The Morgan fingerprint density at radius 2 is 2.00 bits per heavy atom. The Bertz CT molecular complexity index is 525. The molecule has 1 aromatic carbocycles. The highest BCUT2D eigenvalue weighted by molar-refractivity contribution is 7.89. The average Bonchev–Trinajstić information content (AvgIpc) is 2.79. The summed E-state index contributed by atoms with van der Waals surface area (Å²) in [5.41, 5.74) is 0.328. The molecule has 0 amide bonds. The molecule has 1 aliphatic rings. The fourth-order valence-electron chi connectivity index (χ4n) is 2.28. The summed E-state index contributed by atoms with van der Waals surface area (Å²) in [5, 5.41) is 7.96. The van der Waals surface area contributed by atoms with E-state index < -0.39 is 15.8 Å². The van der Waals surface area contributed by atoms with E-state index in [1.165, 1.54) is 37.8 Å². The molecule has 1 aromatic rings. The molecule has 0 aliphatic heterocycles. The van der Waals surface area contributed by atoms with Gasteiger partial charge in [0.1, 0.15) is 5.82 Å². The second-order valence-corrected chi connectivity index (χ2v) is 6.28. The molecule has 1 saturated carbocycles. The zero-order valence-electron chi connectivity index (χ0n) is 10.0. The number of primary sulfonamides is 1. The summed E-state index contributed by atoms with van der Waals surface area (Å²) in [6.45, 7) is 0.728. The third kappa shape index (κ3) is 3.20. The number of hydrogen-bond acceptors (Lipinski definition) is 3. The van der Waals surface area contributed by atoms with E-state index in [1.807, 2.05) is 0 Å². The first kappa shape index (κ1) is 13.3. The summed E-state index contributed by atoms with van der Waals surface area (Å²) in [6, 6.07) is 3.69. The summed E-state index contributed by atoms with van der Waals surface area (Å²) < 4.78 is 35.8. The van der Waals surface area contributed by atoms with Crippen molar-refractivity contribution in [1.82, 2.24) is 0 Å². The number of hydrogen-bond donors (Lipinski definition) is 2. The van der Waals surface area contributed by atoms with Crippen LogP contribution in [0.25, 0.3) is 0 Å². The minimum absolute atomic E-state index is 0.202. The quantitative estimate of drug-likeness (QED) is 0.881. The van der Waals surface area contributed by atoms with Crippen LogP contribution >= 0.6 is 0 Å². The molecule has 0 saturated heterocycles. The Kier molecular flexibility index (Phi) is 3.87. The second kappa shape index (κ2) is 5.24. The van der Waals surface area contributed by atoms with Crippen molar-refractivity contribution in [3.63, 3.8) is 0 Å². The Hall–Kier alpha value is -1.14. The minimum atomic E-state index is -3.84. The number of rotatable bonds is 4. The fourth-order valence-corrected chi connectivity index (χ4v) is 2.81. The number of sulfonamides is 1. The molecule has 2 rings (SSSR count). The van der Waals surface area contributed by atoms with E-state index in [9.17, 15) is 12.8 Å². The first-order valence-corrected chi connectivity index (χ1v) is 7.57. The van der Waals surface area contributed by atoms with Crippen LogP contribution in [0.15, 0.2) is 23.1 Å². The van der Waals surface area contributed by atoms with Crippen LogP contribution in [0.1, 0.15) is 25.7 Å². The maximum Gasteiger partial charge on any atom is 0.238 e. The van der Waals surface area contributed by atoms with Crippen LogP contribution in [0.3, 0.4) is 0 Å². The topological polar surface area (TPSA) is 72.2 Å². The van der Waals surface area contributed by atoms with Crippen LogP contribution in [0, 0.1) is 11.7 Å². The van der Waals surface area contributed by atoms with E-state index in [0.29, 0.717) is 11.6 Å². The van der Waals surface area contributed by atoms with Gasteiger partial charge in [0.15, 0.2) is 0 Å². The highest BCUT2D eigenvalue weighted by Gasteiger charge is 2.16. The number of anilines is 1. The molecule has 0 atom stereocenters. The SMILES string of the molecule is NS(=O)(=O)c1ccc(NCC2CCCC2)c(F)c1. The molecule has 18 heavy (non-hydrogen) atoms. The van der Waals surface area contributed by atoms with E-state index in [0.717, 1.165) is 12.6 Å². The summed E-state index contributed by atoms with van der Waals surface area (Å²) in [7, 11) is -3.84. The molecule has 6 heteroatoms. The lowest BCUT2D eigenvalue weighted by Gasteiger charge is -2.12. The summed E-state index contributed by atoms with van der Waals surface area (Å²) in [5.74, 6) is 0.00170. The molecule has 0 heterocycles. The first-order valence-electron chi connectivity index (χ1n) is 6.03. The van der Waals surface area contributed by atoms with E-state index in [-0.39, 0.29) is 4.90 Å². The number of benzene rings is 1. The summed E-state index contributed by atoms with van der Waals surface area (Å²) in [4.78, 5) is -0.202. The average molecular weight is 272 g/mol. The van der Waals surface area contributed by atoms with Crippen LogP contribution in [-0.2, 0) is 10.0 Å². The van der Waals surface area contributed by atoms with Gasteiger partial charge in [0.2, 0.25) is 10.0 Å². The summed E-state index contributed by atoms with van der Waals surface area (Å²) in [6.07, 6.45) is 4.81. The Morgan fingerprint density at radius 1 is 1.33 bits per heavy atom. The van der Waals surface area contributed by atoms with Gasteiger partial charge in [0.25, 0.3) is 0 Å². The zero-order valence-corrected chi connectivity index (χ0v) is 10.8. The van der Waals surface area contributed by atoms with Gasteiger partial charge in [0, 0.05) is 6.54 Å². The first-order chi connectivity index (χ1) is 8.47. The molecule has 0 spiro atoms. The molecule has 0 radical (unpaired) electrons. The summed E-state index contributed by atoms with van der Waals surface area (Å²) >= 11 is 0. The van der Waals surface area contributed by atoms with Gasteiger partial charge in [-0.1, -0.05) is 12.8 Å². The van der Waals surface area contributed by atoms with Crippen molar-refractivity contribution in [3.05, 3.63) is 24.0 Å². The minimum Gasteiger partial charge on any atom is -0.382 e. The van der Waals surface area contributed by atoms with Gasteiger partial charge >= 0.3 is 0 Å². The van der Waals surface area contributed by atoms with E-state index in [4.69, 9.17) is 5.14 Å². The molecule has 1 aliphatic carbocycles. The van der Waals surface area contributed by atoms with Crippen molar-refractivity contribution in [2.45, 2.75) is 30.6 Å². The predicted molar refractivity (Wildman–Crippen MR) is 68.2 cm³/mol. The molecule has 0 aromatic heterocycles. The molecule has 1 fully saturated rings. The molecule has 0 unspecified atom stereocenters. The third-order valence-corrected chi connectivity index (χ3v) is 4.24. The fraction of sp³-hybridized carbons (Fsp3) is 0.500. The van der Waals surface area contributed by atoms with Crippen LogP contribution in [-0.4, -0.2) is 15.0 Å². The van der Waals surface area contributed by atoms with Gasteiger partial charge in [-0.15, -0.1) is 0 Å². The smallest absolute Gasteiger partial charge is 0.238 e.